The molecule has 0 unspecified atom stereocenters. The number of hydrogen-bond acceptors (Lipinski definition) is 2. The SMILES string of the molecule is NCCc1ccccc1C(=O)Nc1cc(F)ccc1Cl. The van der Waals surface area contributed by atoms with Crippen LogP contribution in [0.15, 0.2) is 42.5 Å². The smallest absolute Gasteiger partial charge is 0.255 e. The van der Waals surface area contributed by atoms with E-state index in [9.17, 15) is 9.18 Å². The molecule has 0 radical (unpaired) electrons. The van der Waals surface area contributed by atoms with E-state index in [2.05, 4.69) is 5.32 Å². The van der Waals surface area contributed by atoms with Gasteiger partial charge in [0.05, 0.1) is 10.7 Å². The van der Waals surface area contributed by atoms with Crippen molar-refractivity contribution in [1.29, 1.82) is 0 Å². The highest BCUT2D eigenvalue weighted by molar-refractivity contribution is 6.33. The van der Waals surface area contributed by atoms with Crippen LogP contribution in [0, 0.1) is 5.82 Å². The number of rotatable bonds is 4. The zero-order valence-corrected chi connectivity index (χ0v) is 11.5. The van der Waals surface area contributed by atoms with Crippen LogP contribution in [0.4, 0.5) is 10.1 Å². The van der Waals surface area contributed by atoms with Crippen LogP contribution in [0.1, 0.15) is 15.9 Å². The van der Waals surface area contributed by atoms with E-state index < -0.39 is 5.82 Å². The molecule has 3 N–H and O–H groups in total. The highest BCUT2D eigenvalue weighted by Crippen LogP contribution is 2.23. The fourth-order valence-electron chi connectivity index (χ4n) is 1.90. The lowest BCUT2D eigenvalue weighted by Crippen LogP contribution is -2.16. The summed E-state index contributed by atoms with van der Waals surface area (Å²) in [5, 5.41) is 2.90. The van der Waals surface area contributed by atoms with E-state index >= 15 is 0 Å². The van der Waals surface area contributed by atoms with Gasteiger partial charge in [0.25, 0.3) is 5.91 Å². The molecular weight excluding hydrogens is 279 g/mol. The van der Waals surface area contributed by atoms with Crippen molar-refractivity contribution >= 4 is 23.2 Å². The maximum absolute atomic E-state index is 13.2. The number of anilines is 1. The zero-order chi connectivity index (χ0) is 14.5. The van der Waals surface area contributed by atoms with Crippen molar-refractivity contribution in [2.75, 3.05) is 11.9 Å². The molecule has 0 atom stereocenters. The Hall–Kier alpha value is -1.91. The van der Waals surface area contributed by atoms with Crippen LogP contribution in [-0.4, -0.2) is 12.5 Å². The van der Waals surface area contributed by atoms with Gasteiger partial charge in [-0.2, -0.15) is 0 Å². The van der Waals surface area contributed by atoms with Gasteiger partial charge in [0.2, 0.25) is 0 Å². The molecule has 0 fully saturated rings. The molecule has 20 heavy (non-hydrogen) atoms. The molecule has 0 saturated carbocycles. The monoisotopic (exact) mass is 292 g/mol. The van der Waals surface area contributed by atoms with E-state index in [1.165, 1.54) is 18.2 Å². The second kappa shape index (κ2) is 6.50. The van der Waals surface area contributed by atoms with Crippen molar-refractivity contribution in [3.05, 3.63) is 64.4 Å². The minimum Gasteiger partial charge on any atom is -0.330 e. The number of nitrogens with one attached hydrogen (secondary N) is 1. The van der Waals surface area contributed by atoms with Gasteiger partial charge < -0.3 is 11.1 Å². The van der Waals surface area contributed by atoms with Crippen molar-refractivity contribution in [3.8, 4) is 0 Å². The summed E-state index contributed by atoms with van der Waals surface area (Å²) in [5.74, 6) is -0.790. The van der Waals surface area contributed by atoms with Gasteiger partial charge >= 0.3 is 0 Å². The van der Waals surface area contributed by atoms with Crippen LogP contribution < -0.4 is 11.1 Å². The second-order valence-corrected chi connectivity index (χ2v) is 4.68. The summed E-state index contributed by atoms with van der Waals surface area (Å²) in [4.78, 5) is 12.2. The third kappa shape index (κ3) is 3.35. The van der Waals surface area contributed by atoms with Crippen LogP contribution >= 0.6 is 11.6 Å². The van der Waals surface area contributed by atoms with E-state index in [1.54, 1.807) is 12.1 Å². The number of carbonyl (C=O) groups is 1. The third-order valence-electron chi connectivity index (χ3n) is 2.85. The average molecular weight is 293 g/mol. The molecule has 2 aromatic carbocycles. The zero-order valence-electron chi connectivity index (χ0n) is 10.7. The molecule has 0 bridgehead atoms. The topological polar surface area (TPSA) is 55.1 Å². The standard InChI is InChI=1S/C15H14ClFN2O/c16-13-6-5-11(17)9-14(13)19-15(20)12-4-2-1-3-10(12)7-8-18/h1-6,9H,7-8,18H2,(H,19,20). The first kappa shape index (κ1) is 14.5. The molecule has 104 valence electrons. The lowest BCUT2D eigenvalue weighted by atomic mass is 10.0. The maximum Gasteiger partial charge on any atom is 0.255 e. The normalized spacial score (nSPS) is 10.3. The molecule has 3 nitrogen and oxygen atoms in total. The molecule has 2 aromatic rings. The van der Waals surface area contributed by atoms with E-state index in [1.807, 2.05) is 12.1 Å². The highest BCUT2D eigenvalue weighted by atomic mass is 35.5. The first-order chi connectivity index (χ1) is 9.61. The van der Waals surface area contributed by atoms with Gasteiger partial charge in [0.1, 0.15) is 5.82 Å². The Morgan fingerprint density at radius 2 is 2.00 bits per heavy atom. The van der Waals surface area contributed by atoms with Gasteiger partial charge in [-0.1, -0.05) is 29.8 Å². The van der Waals surface area contributed by atoms with Crippen molar-refractivity contribution in [1.82, 2.24) is 0 Å². The number of halogens is 2. The van der Waals surface area contributed by atoms with Crippen LogP contribution in [0.3, 0.4) is 0 Å². The Morgan fingerprint density at radius 1 is 1.25 bits per heavy atom. The van der Waals surface area contributed by atoms with E-state index in [-0.39, 0.29) is 16.6 Å². The number of nitrogens with two attached hydrogens (primary N) is 1. The summed E-state index contributed by atoms with van der Waals surface area (Å²) < 4.78 is 13.2. The van der Waals surface area contributed by atoms with Crippen molar-refractivity contribution in [2.24, 2.45) is 5.73 Å². The number of benzene rings is 2. The third-order valence-corrected chi connectivity index (χ3v) is 3.18. The number of hydrogen-bond donors (Lipinski definition) is 2. The fourth-order valence-corrected chi connectivity index (χ4v) is 2.06. The summed E-state index contributed by atoms with van der Waals surface area (Å²) in [6.45, 7) is 0.449. The summed E-state index contributed by atoms with van der Waals surface area (Å²) in [6.07, 6.45) is 0.598. The van der Waals surface area contributed by atoms with E-state index in [4.69, 9.17) is 17.3 Å². The second-order valence-electron chi connectivity index (χ2n) is 4.27. The molecular formula is C15H14ClFN2O. The lowest BCUT2D eigenvalue weighted by Gasteiger charge is -2.10. The molecule has 5 heteroatoms. The van der Waals surface area contributed by atoms with E-state index in [0.29, 0.717) is 18.5 Å². The average Bonchev–Trinajstić information content (AvgIpc) is 2.44. The summed E-state index contributed by atoms with van der Waals surface area (Å²) in [7, 11) is 0. The Labute approximate surface area is 121 Å². The van der Waals surface area contributed by atoms with Crippen LogP contribution in [-0.2, 0) is 6.42 Å². The van der Waals surface area contributed by atoms with Crippen molar-refractivity contribution in [2.45, 2.75) is 6.42 Å². The Bertz CT molecular complexity index is 631. The highest BCUT2D eigenvalue weighted by Gasteiger charge is 2.12. The number of carbonyl (C=O) groups excluding carboxylic acids is 1. The summed E-state index contributed by atoms with van der Waals surface area (Å²) >= 11 is 5.93. The molecule has 0 heterocycles. The fraction of sp³-hybridized carbons (Fsp3) is 0.133. The molecule has 2 rings (SSSR count). The Morgan fingerprint density at radius 3 is 2.75 bits per heavy atom. The Balaban J connectivity index is 2.26. The van der Waals surface area contributed by atoms with Gasteiger partial charge in [-0.3, -0.25) is 4.79 Å². The first-order valence-corrected chi connectivity index (χ1v) is 6.54. The van der Waals surface area contributed by atoms with Gasteiger partial charge in [0, 0.05) is 5.56 Å². The van der Waals surface area contributed by atoms with Crippen LogP contribution in [0.5, 0.6) is 0 Å². The van der Waals surface area contributed by atoms with Crippen molar-refractivity contribution < 1.29 is 9.18 Å². The van der Waals surface area contributed by atoms with Crippen LogP contribution in [0.2, 0.25) is 5.02 Å². The summed E-state index contributed by atoms with van der Waals surface area (Å²) in [6, 6.07) is 11.0. The minimum atomic E-state index is -0.458. The molecule has 0 spiro atoms. The van der Waals surface area contributed by atoms with Crippen LogP contribution in [0.25, 0.3) is 0 Å². The minimum absolute atomic E-state index is 0.249. The molecule has 0 aliphatic carbocycles. The molecule has 0 aliphatic heterocycles. The predicted molar refractivity (Wildman–Crippen MR) is 78.6 cm³/mol. The van der Waals surface area contributed by atoms with Crippen molar-refractivity contribution in [3.63, 3.8) is 0 Å². The predicted octanol–water partition coefficient (Wildman–Crippen LogP) is 3.23. The number of amides is 1. The van der Waals surface area contributed by atoms with Gasteiger partial charge in [-0.15, -0.1) is 0 Å². The maximum atomic E-state index is 13.2. The largest absolute Gasteiger partial charge is 0.330 e. The van der Waals surface area contributed by atoms with Gasteiger partial charge in [-0.25, -0.2) is 4.39 Å². The lowest BCUT2D eigenvalue weighted by molar-refractivity contribution is 0.102. The first-order valence-electron chi connectivity index (χ1n) is 6.16. The van der Waals surface area contributed by atoms with Gasteiger partial charge in [-0.05, 0) is 42.8 Å². The molecule has 0 saturated heterocycles. The quantitative estimate of drug-likeness (QED) is 0.909. The summed E-state index contributed by atoms with van der Waals surface area (Å²) in [5.41, 5.74) is 7.13. The Kier molecular flexibility index (Phi) is 4.71. The molecule has 0 aliphatic rings. The van der Waals surface area contributed by atoms with E-state index in [0.717, 1.165) is 5.56 Å². The molecule has 1 amide bonds. The molecule has 0 aromatic heterocycles. The van der Waals surface area contributed by atoms with Gasteiger partial charge in [0.15, 0.2) is 0 Å².